The smallest absolute Gasteiger partial charge is 0.441 e. The Hall–Kier alpha value is -3.08. The minimum atomic E-state index is -2.82. The van der Waals surface area contributed by atoms with E-state index in [9.17, 15) is 38.1 Å². The number of halogens is 3. The van der Waals surface area contributed by atoms with Crippen molar-refractivity contribution in [2.24, 2.45) is 0 Å². The molecule has 1 unspecified atom stereocenters. The number of rotatable bonds is 8. The molecule has 9 nitrogen and oxygen atoms in total. The van der Waals surface area contributed by atoms with Crippen LogP contribution in [0.2, 0.25) is 0 Å². The molecule has 2 aliphatic rings. The van der Waals surface area contributed by atoms with Crippen LogP contribution in [0.3, 0.4) is 0 Å². The number of hydrogen-bond acceptors (Lipinski definition) is 7. The zero-order chi connectivity index (χ0) is 29.0. The summed E-state index contributed by atoms with van der Waals surface area (Å²) >= 11 is 0. The van der Waals surface area contributed by atoms with Crippen molar-refractivity contribution in [3.63, 3.8) is 0 Å². The van der Waals surface area contributed by atoms with E-state index in [-0.39, 0.29) is 31.5 Å². The van der Waals surface area contributed by atoms with Crippen molar-refractivity contribution < 1.29 is 37.5 Å². The van der Waals surface area contributed by atoms with Crippen LogP contribution >= 0.6 is 0 Å². The molecule has 2 atom stereocenters. The fourth-order valence-corrected chi connectivity index (χ4v) is 4.96. The van der Waals surface area contributed by atoms with Gasteiger partial charge in [-0.3, -0.25) is 9.69 Å². The highest BCUT2D eigenvalue weighted by Crippen LogP contribution is 2.33. The first-order valence-electron chi connectivity index (χ1n) is 12.8. The number of carbonyl (C=O) groups excluding carboxylic acids is 2. The Bertz CT molecular complexity index is 1130. The van der Waals surface area contributed by atoms with Crippen LogP contribution in [0.4, 0.5) is 18.0 Å². The summed E-state index contributed by atoms with van der Waals surface area (Å²) in [5.41, 5.74) is -1.72. The molecule has 2 amide bonds. The quantitative estimate of drug-likeness (QED) is 0.258. The van der Waals surface area contributed by atoms with Crippen LogP contribution in [0.25, 0.3) is 0 Å². The standard InChI is InChI=1S/C26H34BF3N4O5/c1-24(2,34-12-10-26(29,30)17-34)14-19(15-31)22(35)33-11-4-9-25(3,16-33)39-23(36)32-21(27(37)38)13-18-5-7-20(28)8-6-18/h5-8,14,21,37-38H,4,9-13,16-17H2,1-3H3,(H,32,36)/b19-14+/t21-,25?/m0/s1. The summed E-state index contributed by atoms with van der Waals surface area (Å²) in [5, 5.41) is 31.6. The highest BCUT2D eigenvalue weighted by Gasteiger charge is 2.44. The van der Waals surface area contributed by atoms with E-state index in [1.807, 2.05) is 6.07 Å². The summed E-state index contributed by atoms with van der Waals surface area (Å²) in [6, 6.07) is 7.24. The molecule has 1 aromatic rings. The first-order chi connectivity index (χ1) is 18.1. The number of carbonyl (C=O) groups is 2. The molecule has 0 saturated carbocycles. The van der Waals surface area contributed by atoms with Gasteiger partial charge in [0.15, 0.2) is 0 Å². The van der Waals surface area contributed by atoms with Gasteiger partial charge in [0.1, 0.15) is 23.1 Å². The number of alkyl carbamates (subject to hydrolysis) is 1. The van der Waals surface area contributed by atoms with Gasteiger partial charge < -0.3 is 25.0 Å². The summed E-state index contributed by atoms with van der Waals surface area (Å²) in [4.78, 5) is 28.8. The number of piperidine rings is 1. The summed E-state index contributed by atoms with van der Waals surface area (Å²) in [5.74, 6) is -5.00. The molecule has 2 fully saturated rings. The minimum Gasteiger partial charge on any atom is -0.441 e. The molecule has 3 rings (SSSR count). The second-order valence-electron chi connectivity index (χ2n) is 11.0. The predicted molar refractivity (Wildman–Crippen MR) is 137 cm³/mol. The lowest BCUT2D eigenvalue weighted by Gasteiger charge is -2.40. The van der Waals surface area contributed by atoms with Crippen molar-refractivity contribution in [2.45, 2.75) is 69.5 Å². The van der Waals surface area contributed by atoms with Gasteiger partial charge in [-0.25, -0.2) is 18.0 Å². The summed E-state index contributed by atoms with van der Waals surface area (Å²) in [6.07, 6.45) is 1.07. The van der Waals surface area contributed by atoms with Gasteiger partial charge in [-0.15, -0.1) is 0 Å². The lowest BCUT2D eigenvalue weighted by atomic mass is 9.76. The van der Waals surface area contributed by atoms with Crippen LogP contribution in [0, 0.1) is 17.1 Å². The molecule has 0 bridgehead atoms. The third kappa shape index (κ3) is 8.21. The van der Waals surface area contributed by atoms with E-state index < -0.39 is 54.5 Å². The number of alkyl halides is 2. The number of nitriles is 1. The highest BCUT2D eigenvalue weighted by molar-refractivity contribution is 6.43. The van der Waals surface area contributed by atoms with Crippen LogP contribution < -0.4 is 5.32 Å². The molecule has 2 heterocycles. The van der Waals surface area contributed by atoms with Crippen molar-refractivity contribution in [3.05, 3.63) is 47.3 Å². The average Bonchev–Trinajstić information content (AvgIpc) is 3.23. The molecule has 13 heteroatoms. The number of amides is 2. The molecule has 212 valence electrons. The number of hydrogen-bond donors (Lipinski definition) is 3. The molecule has 2 aliphatic heterocycles. The molecule has 2 saturated heterocycles. The molecule has 0 radical (unpaired) electrons. The van der Waals surface area contributed by atoms with Crippen LogP contribution in [-0.2, 0) is 16.0 Å². The van der Waals surface area contributed by atoms with E-state index in [2.05, 4.69) is 5.32 Å². The van der Waals surface area contributed by atoms with E-state index >= 15 is 0 Å². The van der Waals surface area contributed by atoms with Crippen molar-refractivity contribution in [1.82, 2.24) is 15.1 Å². The number of likely N-dealkylation sites (tertiary alicyclic amines) is 2. The fourth-order valence-electron chi connectivity index (χ4n) is 4.96. The van der Waals surface area contributed by atoms with Crippen molar-refractivity contribution in [3.8, 4) is 6.07 Å². The maximum Gasteiger partial charge on any atom is 0.475 e. The maximum absolute atomic E-state index is 13.7. The van der Waals surface area contributed by atoms with Gasteiger partial charge in [0.05, 0.1) is 19.0 Å². The lowest BCUT2D eigenvalue weighted by Crippen LogP contribution is -2.54. The number of benzene rings is 1. The number of ether oxygens (including phenoxy) is 1. The Morgan fingerprint density at radius 2 is 1.90 bits per heavy atom. The first kappa shape index (κ1) is 30.5. The van der Waals surface area contributed by atoms with Crippen molar-refractivity contribution >= 4 is 19.1 Å². The third-order valence-electron chi connectivity index (χ3n) is 7.15. The van der Waals surface area contributed by atoms with Crippen molar-refractivity contribution in [1.29, 1.82) is 5.26 Å². The van der Waals surface area contributed by atoms with E-state index in [0.29, 0.717) is 24.9 Å². The second-order valence-corrected chi connectivity index (χ2v) is 11.0. The van der Waals surface area contributed by atoms with E-state index in [1.165, 1.54) is 40.1 Å². The molecule has 1 aromatic carbocycles. The highest BCUT2D eigenvalue weighted by atomic mass is 19.3. The largest absolute Gasteiger partial charge is 0.475 e. The van der Waals surface area contributed by atoms with E-state index in [1.54, 1.807) is 20.8 Å². The molecule has 0 spiro atoms. The minimum absolute atomic E-state index is 0.00340. The van der Waals surface area contributed by atoms with Crippen molar-refractivity contribution in [2.75, 3.05) is 26.2 Å². The predicted octanol–water partition coefficient (Wildman–Crippen LogP) is 2.43. The lowest BCUT2D eigenvalue weighted by molar-refractivity contribution is -0.133. The Kier molecular flexibility index (Phi) is 9.36. The monoisotopic (exact) mass is 550 g/mol. The van der Waals surface area contributed by atoms with Gasteiger partial charge in [0.2, 0.25) is 0 Å². The maximum atomic E-state index is 13.7. The Labute approximate surface area is 226 Å². The Balaban J connectivity index is 1.65. The van der Waals surface area contributed by atoms with Crippen LogP contribution in [-0.4, -0.2) is 88.1 Å². The van der Waals surface area contributed by atoms with Gasteiger partial charge in [-0.2, -0.15) is 5.26 Å². The van der Waals surface area contributed by atoms with Gasteiger partial charge in [0, 0.05) is 25.0 Å². The molecule has 0 aromatic heterocycles. The van der Waals surface area contributed by atoms with Gasteiger partial charge >= 0.3 is 13.2 Å². The van der Waals surface area contributed by atoms with Gasteiger partial charge in [0.25, 0.3) is 11.8 Å². The molecule has 3 N–H and O–H groups in total. The van der Waals surface area contributed by atoms with E-state index in [4.69, 9.17) is 4.74 Å². The van der Waals surface area contributed by atoms with Crippen LogP contribution in [0.15, 0.2) is 35.9 Å². The third-order valence-corrected chi connectivity index (χ3v) is 7.15. The fraction of sp³-hybridized carbons (Fsp3) is 0.577. The van der Waals surface area contributed by atoms with Gasteiger partial charge in [-0.05, 0) is 63.8 Å². The zero-order valence-corrected chi connectivity index (χ0v) is 22.3. The first-order valence-corrected chi connectivity index (χ1v) is 12.8. The van der Waals surface area contributed by atoms with Crippen LogP contribution in [0.5, 0.6) is 0 Å². The Morgan fingerprint density at radius 1 is 1.23 bits per heavy atom. The Morgan fingerprint density at radius 3 is 2.46 bits per heavy atom. The second kappa shape index (κ2) is 12.0. The molecule has 0 aliphatic carbocycles. The van der Waals surface area contributed by atoms with Gasteiger partial charge in [-0.1, -0.05) is 12.1 Å². The summed E-state index contributed by atoms with van der Waals surface area (Å²) in [7, 11) is -1.91. The SMILES string of the molecule is CC1(OC(=O)N[C@@H](Cc2ccc(F)cc2)B(O)O)CCCN(C(=O)/C(C#N)=C/C(C)(C)N2CCC(F)(F)C2)C1. The molecular weight excluding hydrogens is 516 g/mol. The normalized spacial score (nSPS) is 22.6. The summed E-state index contributed by atoms with van der Waals surface area (Å²) < 4.78 is 46.2. The average molecular weight is 550 g/mol. The summed E-state index contributed by atoms with van der Waals surface area (Å²) in [6.45, 7) is 4.93. The van der Waals surface area contributed by atoms with Crippen LogP contribution in [0.1, 0.15) is 45.6 Å². The molecule has 39 heavy (non-hydrogen) atoms. The number of nitrogens with one attached hydrogen (secondary N) is 1. The molecular formula is C26H34BF3N4O5. The zero-order valence-electron chi connectivity index (χ0n) is 22.3. The number of nitrogens with zero attached hydrogens (tertiary/aromatic N) is 3. The van der Waals surface area contributed by atoms with E-state index in [0.717, 1.165) is 0 Å². The topological polar surface area (TPSA) is 126 Å².